The van der Waals surface area contributed by atoms with Crippen molar-refractivity contribution >= 4 is 29.8 Å². The van der Waals surface area contributed by atoms with E-state index in [1.165, 1.54) is 13.0 Å². The zero-order valence-corrected chi connectivity index (χ0v) is 25.0. The van der Waals surface area contributed by atoms with E-state index in [2.05, 4.69) is 60.1 Å². The molecule has 0 heterocycles. The topological polar surface area (TPSA) is 142 Å². The van der Waals surface area contributed by atoms with Crippen molar-refractivity contribution in [1.82, 2.24) is 10.6 Å². The van der Waals surface area contributed by atoms with Crippen LogP contribution in [0.15, 0.2) is 78.6 Å². The summed E-state index contributed by atoms with van der Waals surface area (Å²) >= 11 is 0. The van der Waals surface area contributed by atoms with Gasteiger partial charge in [-0.2, -0.15) is 0 Å². The van der Waals surface area contributed by atoms with E-state index >= 15 is 0 Å². The van der Waals surface area contributed by atoms with Crippen molar-refractivity contribution in [2.24, 2.45) is 0 Å². The summed E-state index contributed by atoms with van der Waals surface area (Å²) in [5.74, 6) is -2.02. The van der Waals surface area contributed by atoms with E-state index in [1.54, 1.807) is 31.4 Å². The average Bonchev–Trinajstić information content (AvgIpc) is 2.95. The highest BCUT2D eigenvalue weighted by molar-refractivity contribution is 6.01. The summed E-state index contributed by atoms with van der Waals surface area (Å²) < 4.78 is 5.04. The molecule has 0 radical (unpaired) electrons. The molecule has 42 heavy (non-hydrogen) atoms. The standard InChI is InChI=1S/C18H28O2.C15H18N2O5/c1-2-3-4-5-6-7-8-9-10-11-12-13-14-15-16-17-18(19)20;1-10(18)17-13(15(21)16-8-7-14(19)20)9-11-3-5-12(22-2)6-4-11/h3-4,6-7,10-11,14-15H,2,5,8-9,12-13,16-17H2,1H3,(H,19,20);3-6,9H,7-8H2,1-2H3,(H,16,21)(H,17,18)(H,19,20)/b4-3-,7-6-,11-10-,15-14-;13-9-. The van der Waals surface area contributed by atoms with Gasteiger partial charge in [0.1, 0.15) is 11.4 Å². The predicted molar refractivity (Wildman–Crippen MR) is 167 cm³/mol. The molecule has 0 saturated heterocycles. The first-order valence-electron chi connectivity index (χ1n) is 14.1. The number of carboxylic acid groups (broad SMARTS) is 2. The molecule has 0 saturated carbocycles. The fourth-order valence-electron chi connectivity index (χ4n) is 3.21. The number of aliphatic carboxylic acids is 2. The fraction of sp³-hybridized carbons (Fsp3) is 0.394. The zero-order valence-electron chi connectivity index (χ0n) is 25.0. The van der Waals surface area contributed by atoms with Crippen molar-refractivity contribution in [3.05, 3.63) is 84.1 Å². The summed E-state index contributed by atoms with van der Waals surface area (Å²) in [6, 6.07) is 6.90. The van der Waals surface area contributed by atoms with Crippen LogP contribution in [0.4, 0.5) is 0 Å². The smallest absolute Gasteiger partial charge is 0.305 e. The van der Waals surface area contributed by atoms with E-state index in [9.17, 15) is 19.2 Å². The summed E-state index contributed by atoms with van der Waals surface area (Å²) in [7, 11) is 1.55. The first-order valence-corrected chi connectivity index (χ1v) is 14.1. The van der Waals surface area contributed by atoms with Gasteiger partial charge in [0.15, 0.2) is 0 Å². The molecule has 0 aromatic heterocycles. The van der Waals surface area contributed by atoms with Gasteiger partial charge in [-0.05, 0) is 68.7 Å². The number of allylic oxidation sites excluding steroid dienone is 8. The Labute approximate surface area is 249 Å². The maximum absolute atomic E-state index is 12.0. The molecule has 230 valence electrons. The molecule has 0 unspecified atom stereocenters. The Balaban J connectivity index is 0.000000805. The predicted octanol–water partition coefficient (Wildman–Crippen LogP) is 6.20. The van der Waals surface area contributed by atoms with E-state index in [4.69, 9.17) is 14.9 Å². The van der Waals surface area contributed by atoms with E-state index in [-0.39, 0.29) is 25.1 Å². The lowest BCUT2D eigenvalue weighted by molar-refractivity contribution is -0.138. The van der Waals surface area contributed by atoms with Crippen molar-refractivity contribution in [1.29, 1.82) is 0 Å². The van der Waals surface area contributed by atoms with E-state index in [0.29, 0.717) is 17.7 Å². The molecule has 0 atom stereocenters. The van der Waals surface area contributed by atoms with Crippen LogP contribution < -0.4 is 15.4 Å². The van der Waals surface area contributed by atoms with Crippen LogP contribution in [-0.2, 0) is 19.2 Å². The number of ether oxygens (including phenoxy) is 1. The zero-order chi connectivity index (χ0) is 31.4. The first kappa shape index (κ1) is 37.6. The van der Waals surface area contributed by atoms with Crippen molar-refractivity contribution in [3.8, 4) is 5.75 Å². The van der Waals surface area contributed by atoms with Crippen molar-refractivity contribution in [3.63, 3.8) is 0 Å². The second-order valence-electron chi connectivity index (χ2n) is 9.03. The number of amides is 2. The lowest BCUT2D eigenvalue weighted by Crippen LogP contribution is -2.34. The van der Waals surface area contributed by atoms with E-state index < -0.39 is 23.8 Å². The number of nitrogens with one attached hydrogen (secondary N) is 2. The van der Waals surface area contributed by atoms with Crippen LogP contribution in [0.1, 0.15) is 77.2 Å². The summed E-state index contributed by atoms with van der Waals surface area (Å²) in [5.41, 5.74) is 0.737. The molecule has 2 amide bonds. The number of carbonyl (C=O) groups is 4. The molecule has 0 fully saturated rings. The minimum Gasteiger partial charge on any atom is -0.497 e. The van der Waals surface area contributed by atoms with Crippen LogP contribution in [0, 0.1) is 0 Å². The van der Waals surface area contributed by atoms with Crippen molar-refractivity contribution in [2.75, 3.05) is 13.7 Å². The molecule has 0 aliphatic carbocycles. The largest absolute Gasteiger partial charge is 0.497 e. The highest BCUT2D eigenvalue weighted by Gasteiger charge is 2.11. The second kappa shape index (κ2) is 25.6. The summed E-state index contributed by atoms with van der Waals surface area (Å²) in [6.45, 7) is 3.41. The molecular formula is C33H46N2O7. The maximum Gasteiger partial charge on any atom is 0.305 e. The molecule has 1 aromatic rings. The first-order chi connectivity index (χ1) is 20.2. The summed E-state index contributed by atoms with van der Waals surface area (Å²) in [5, 5.41) is 21.9. The molecule has 0 spiro atoms. The highest BCUT2D eigenvalue weighted by Crippen LogP contribution is 2.13. The van der Waals surface area contributed by atoms with Gasteiger partial charge in [-0.1, -0.05) is 67.7 Å². The minimum atomic E-state index is -1.01. The monoisotopic (exact) mass is 582 g/mol. The molecule has 0 aliphatic rings. The van der Waals surface area contributed by atoms with E-state index in [1.807, 2.05) is 6.08 Å². The van der Waals surface area contributed by atoms with Gasteiger partial charge in [-0.15, -0.1) is 0 Å². The third kappa shape index (κ3) is 23.5. The van der Waals surface area contributed by atoms with Crippen LogP contribution in [-0.4, -0.2) is 47.6 Å². The molecule has 9 nitrogen and oxygen atoms in total. The van der Waals surface area contributed by atoms with Crippen LogP contribution in [0.2, 0.25) is 0 Å². The Morgan fingerprint density at radius 3 is 1.79 bits per heavy atom. The van der Waals surface area contributed by atoms with Crippen molar-refractivity contribution in [2.45, 2.75) is 71.6 Å². The summed E-state index contributed by atoms with van der Waals surface area (Å²) in [6.07, 6.45) is 25.8. The maximum atomic E-state index is 12.0. The third-order valence-electron chi connectivity index (χ3n) is 5.31. The fourth-order valence-corrected chi connectivity index (χ4v) is 3.21. The number of methoxy groups -OCH3 is 1. The normalized spacial score (nSPS) is 11.5. The lowest BCUT2D eigenvalue weighted by Gasteiger charge is -2.09. The molecule has 1 rings (SSSR count). The molecule has 1 aromatic carbocycles. The molecule has 0 bridgehead atoms. The van der Waals surface area contributed by atoms with Crippen molar-refractivity contribution < 1.29 is 34.1 Å². The Kier molecular flexibility index (Phi) is 22.9. The second-order valence-corrected chi connectivity index (χ2v) is 9.03. The highest BCUT2D eigenvalue weighted by atomic mass is 16.5. The van der Waals surface area contributed by atoms with Gasteiger partial charge < -0.3 is 25.6 Å². The number of carboxylic acids is 2. The van der Waals surface area contributed by atoms with Gasteiger partial charge in [0.2, 0.25) is 5.91 Å². The van der Waals surface area contributed by atoms with Crippen LogP contribution in [0.3, 0.4) is 0 Å². The Morgan fingerprint density at radius 2 is 1.29 bits per heavy atom. The SMILES string of the molecule is CC/C=C\C/C=C\CC/C=C\CC/C=C\CCC(=O)O.COc1ccc(/C=C(\NC(C)=O)C(=O)NCCC(=O)O)cc1. The number of unbranched alkanes of at least 4 members (excludes halogenated alkanes) is 2. The Hall–Kier alpha value is -4.40. The third-order valence-corrected chi connectivity index (χ3v) is 5.31. The Morgan fingerprint density at radius 1 is 0.762 bits per heavy atom. The van der Waals surface area contributed by atoms with Gasteiger partial charge in [-0.25, -0.2) is 0 Å². The molecule has 0 aliphatic heterocycles. The molecular weight excluding hydrogens is 536 g/mol. The van der Waals surface area contributed by atoms with Gasteiger partial charge in [0, 0.05) is 19.9 Å². The van der Waals surface area contributed by atoms with E-state index in [0.717, 1.165) is 38.5 Å². The van der Waals surface area contributed by atoms with Crippen LogP contribution >= 0.6 is 0 Å². The average molecular weight is 583 g/mol. The lowest BCUT2D eigenvalue weighted by atomic mass is 10.1. The number of hydrogen-bond donors (Lipinski definition) is 4. The molecule has 4 N–H and O–H groups in total. The van der Waals surface area contributed by atoms with Crippen LogP contribution in [0.5, 0.6) is 5.75 Å². The van der Waals surface area contributed by atoms with Gasteiger partial charge in [0.25, 0.3) is 5.91 Å². The summed E-state index contributed by atoms with van der Waals surface area (Å²) in [4.78, 5) is 43.9. The van der Waals surface area contributed by atoms with Gasteiger partial charge in [-0.3, -0.25) is 19.2 Å². The van der Waals surface area contributed by atoms with Crippen LogP contribution in [0.25, 0.3) is 6.08 Å². The number of hydrogen-bond acceptors (Lipinski definition) is 5. The molecule has 9 heteroatoms. The minimum absolute atomic E-state index is 0.0201. The van der Waals surface area contributed by atoms with Gasteiger partial charge in [0.05, 0.1) is 13.5 Å². The van der Waals surface area contributed by atoms with Gasteiger partial charge >= 0.3 is 11.9 Å². The quantitative estimate of drug-likeness (QED) is 0.0864. The number of rotatable bonds is 19. The Bertz CT molecular complexity index is 1080. The number of carbonyl (C=O) groups excluding carboxylic acids is 2. The number of benzene rings is 1.